The Labute approximate surface area is 124 Å². The van der Waals surface area contributed by atoms with Crippen LogP contribution in [0.1, 0.15) is 66.7 Å². The quantitative estimate of drug-likeness (QED) is 0.653. The predicted octanol–water partition coefficient (Wildman–Crippen LogP) is 4.70. The molecule has 0 bridgehead atoms. The average molecular weight is 285 g/mol. The number of thioether (sulfide) groups is 1. The van der Waals surface area contributed by atoms with Crippen molar-refractivity contribution in [2.75, 3.05) is 12.3 Å². The van der Waals surface area contributed by atoms with Gasteiger partial charge in [0.15, 0.2) is 5.17 Å². The van der Waals surface area contributed by atoms with Crippen molar-refractivity contribution in [1.82, 2.24) is 5.32 Å². The maximum Gasteiger partial charge on any atom is 0.156 e. The highest BCUT2D eigenvalue weighted by atomic mass is 32.2. The molecule has 1 aliphatic heterocycles. The third-order valence-electron chi connectivity index (χ3n) is 3.61. The Balaban J connectivity index is 2.32. The second kappa shape index (κ2) is 8.18. The Bertz CT molecular complexity index is 284. The van der Waals surface area contributed by atoms with E-state index in [1.54, 1.807) is 0 Å². The van der Waals surface area contributed by atoms with Gasteiger partial charge in [-0.1, -0.05) is 65.6 Å². The molecule has 0 aromatic rings. The molecule has 1 heterocycles. The Kier molecular flexibility index (Phi) is 7.27. The Morgan fingerprint density at radius 1 is 1.37 bits per heavy atom. The van der Waals surface area contributed by atoms with Gasteiger partial charge in [-0.2, -0.15) is 0 Å². The van der Waals surface area contributed by atoms with Crippen molar-refractivity contribution >= 4 is 16.9 Å². The van der Waals surface area contributed by atoms with Crippen molar-refractivity contribution in [3.05, 3.63) is 0 Å². The van der Waals surface area contributed by atoms with E-state index in [4.69, 9.17) is 4.99 Å². The van der Waals surface area contributed by atoms with E-state index in [-0.39, 0.29) is 0 Å². The lowest BCUT2D eigenvalue weighted by Gasteiger charge is -2.22. The van der Waals surface area contributed by atoms with Crippen LogP contribution in [0, 0.1) is 11.3 Å². The maximum atomic E-state index is 4.80. The highest BCUT2D eigenvalue weighted by Gasteiger charge is 2.22. The van der Waals surface area contributed by atoms with Crippen LogP contribution in [0.2, 0.25) is 0 Å². The van der Waals surface area contributed by atoms with Crippen LogP contribution >= 0.6 is 11.8 Å². The molecule has 1 saturated heterocycles. The second-order valence-electron chi connectivity index (χ2n) is 7.02. The largest absolute Gasteiger partial charge is 0.361 e. The summed E-state index contributed by atoms with van der Waals surface area (Å²) in [6, 6.07) is 0.631. The summed E-state index contributed by atoms with van der Waals surface area (Å²) in [5.74, 6) is 1.95. The summed E-state index contributed by atoms with van der Waals surface area (Å²) in [4.78, 5) is 4.80. The molecule has 3 heteroatoms. The van der Waals surface area contributed by atoms with Crippen LogP contribution in [0.25, 0.3) is 0 Å². The van der Waals surface area contributed by atoms with E-state index >= 15 is 0 Å². The van der Waals surface area contributed by atoms with E-state index < -0.39 is 0 Å². The number of unbranched alkanes of at least 4 members (excludes halogenated alkanes) is 2. The number of nitrogens with zero attached hydrogens (tertiary/aromatic N) is 1. The highest BCUT2D eigenvalue weighted by Crippen LogP contribution is 2.25. The van der Waals surface area contributed by atoms with Crippen molar-refractivity contribution in [3.63, 3.8) is 0 Å². The molecule has 1 fully saturated rings. The minimum absolute atomic E-state index is 0.348. The zero-order valence-electron chi connectivity index (χ0n) is 13.5. The first kappa shape index (κ1) is 16.9. The van der Waals surface area contributed by atoms with Crippen LogP contribution in [0.3, 0.4) is 0 Å². The van der Waals surface area contributed by atoms with Gasteiger partial charge < -0.3 is 5.32 Å². The van der Waals surface area contributed by atoms with Gasteiger partial charge >= 0.3 is 0 Å². The van der Waals surface area contributed by atoms with Crippen molar-refractivity contribution in [3.8, 4) is 0 Å². The predicted molar refractivity (Wildman–Crippen MR) is 89.1 cm³/mol. The van der Waals surface area contributed by atoms with Gasteiger partial charge in [-0.3, -0.25) is 4.99 Å². The van der Waals surface area contributed by atoms with Crippen LogP contribution in [0.4, 0.5) is 0 Å². The fraction of sp³-hybridized carbons (Fsp3) is 0.938. The molecule has 1 N–H and O–H groups in total. The van der Waals surface area contributed by atoms with Crippen LogP contribution in [-0.2, 0) is 0 Å². The highest BCUT2D eigenvalue weighted by molar-refractivity contribution is 8.14. The van der Waals surface area contributed by atoms with Gasteiger partial charge in [0.1, 0.15) is 0 Å². The minimum Gasteiger partial charge on any atom is -0.361 e. The topological polar surface area (TPSA) is 24.4 Å². The molecule has 1 aliphatic rings. The number of aliphatic imine (C=N–C) groups is 1. The second-order valence-corrected chi connectivity index (χ2v) is 8.03. The zero-order chi connectivity index (χ0) is 14.3. The molecule has 0 saturated carbocycles. The zero-order valence-corrected chi connectivity index (χ0v) is 14.3. The van der Waals surface area contributed by atoms with E-state index in [1.807, 2.05) is 11.8 Å². The van der Waals surface area contributed by atoms with Gasteiger partial charge in [0.05, 0.1) is 0 Å². The van der Waals surface area contributed by atoms with Crippen molar-refractivity contribution in [2.24, 2.45) is 16.3 Å². The number of hydrogen-bond acceptors (Lipinski definition) is 2. The Morgan fingerprint density at radius 2 is 2.11 bits per heavy atom. The summed E-state index contributed by atoms with van der Waals surface area (Å²) in [5, 5.41) is 4.75. The monoisotopic (exact) mass is 284 g/mol. The first-order valence-electron chi connectivity index (χ1n) is 7.86. The van der Waals surface area contributed by atoms with Crippen LogP contribution < -0.4 is 5.32 Å². The third kappa shape index (κ3) is 7.24. The molecule has 0 aromatic carbocycles. The number of hydrogen-bond donors (Lipinski definition) is 1. The molecule has 0 spiro atoms. The van der Waals surface area contributed by atoms with Gasteiger partial charge in [-0.05, 0) is 24.2 Å². The number of rotatable bonds is 8. The summed E-state index contributed by atoms with van der Waals surface area (Å²) >= 11 is 1.90. The summed E-state index contributed by atoms with van der Waals surface area (Å²) in [5.41, 5.74) is 0.348. The van der Waals surface area contributed by atoms with Crippen molar-refractivity contribution in [1.29, 1.82) is 0 Å². The number of nitrogens with one attached hydrogen (secondary N) is 1. The first-order valence-corrected chi connectivity index (χ1v) is 8.85. The molecular weight excluding hydrogens is 252 g/mol. The Hall–Kier alpha value is -0.180. The van der Waals surface area contributed by atoms with Crippen LogP contribution in [0.5, 0.6) is 0 Å². The van der Waals surface area contributed by atoms with Gasteiger partial charge in [-0.25, -0.2) is 0 Å². The molecule has 112 valence electrons. The third-order valence-corrected chi connectivity index (χ3v) is 4.70. The van der Waals surface area contributed by atoms with E-state index in [9.17, 15) is 0 Å². The van der Waals surface area contributed by atoms with Crippen LogP contribution in [0.15, 0.2) is 4.99 Å². The lowest BCUT2D eigenvalue weighted by molar-refractivity contribution is 0.333. The summed E-state index contributed by atoms with van der Waals surface area (Å²) < 4.78 is 0. The molecule has 2 nitrogen and oxygen atoms in total. The van der Waals surface area contributed by atoms with E-state index in [2.05, 4.69) is 39.9 Å². The lowest BCUT2D eigenvalue weighted by atomic mass is 9.87. The van der Waals surface area contributed by atoms with Crippen LogP contribution in [-0.4, -0.2) is 23.5 Å². The van der Waals surface area contributed by atoms with Gasteiger partial charge in [-0.15, -0.1) is 0 Å². The van der Waals surface area contributed by atoms with E-state index in [1.165, 1.54) is 43.0 Å². The smallest absolute Gasteiger partial charge is 0.156 e. The normalized spacial score (nSPS) is 22.2. The summed E-state index contributed by atoms with van der Waals surface area (Å²) in [6.45, 7) is 12.5. The van der Waals surface area contributed by atoms with E-state index in [0.29, 0.717) is 11.5 Å². The average Bonchev–Trinajstić information content (AvgIpc) is 2.74. The van der Waals surface area contributed by atoms with E-state index in [0.717, 1.165) is 12.5 Å². The molecule has 0 amide bonds. The fourth-order valence-corrected chi connectivity index (χ4v) is 3.43. The molecule has 0 aromatic heterocycles. The van der Waals surface area contributed by atoms with Crippen molar-refractivity contribution in [2.45, 2.75) is 72.8 Å². The fourth-order valence-electron chi connectivity index (χ4n) is 2.44. The van der Waals surface area contributed by atoms with Gasteiger partial charge in [0.25, 0.3) is 0 Å². The molecule has 1 atom stereocenters. The van der Waals surface area contributed by atoms with Gasteiger partial charge in [0, 0.05) is 18.3 Å². The molecule has 1 unspecified atom stereocenters. The van der Waals surface area contributed by atoms with Crippen molar-refractivity contribution < 1.29 is 0 Å². The number of amidine groups is 1. The Morgan fingerprint density at radius 3 is 2.74 bits per heavy atom. The SMILES string of the molecule is CCCCCC(C)(C)CN=C1NC(CC(C)C)CS1. The lowest BCUT2D eigenvalue weighted by Crippen LogP contribution is -2.29. The molecule has 19 heavy (non-hydrogen) atoms. The molecule has 1 rings (SSSR count). The summed E-state index contributed by atoms with van der Waals surface area (Å²) in [6.07, 6.45) is 6.54. The standard InChI is InChI=1S/C16H32N2S/c1-6-7-8-9-16(4,5)12-17-15-18-14(11-19-15)10-13(2)3/h13-14H,6-12H2,1-5H3,(H,17,18). The summed E-state index contributed by atoms with van der Waals surface area (Å²) in [7, 11) is 0. The first-order chi connectivity index (χ1) is 8.93. The minimum atomic E-state index is 0.348. The molecule has 0 radical (unpaired) electrons. The molecular formula is C16H32N2S. The maximum absolute atomic E-state index is 4.80. The van der Waals surface area contributed by atoms with Gasteiger partial charge in [0.2, 0.25) is 0 Å². The molecule has 0 aliphatic carbocycles.